The predicted molar refractivity (Wildman–Crippen MR) is 83.0 cm³/mol. The molecule has 0 saturated carbocycles. The van der Waals surface area contributed by atoms with Gasteiger partial charge in [0.2, 0.25) is 5.91 Å². The molecule has 0 radical (unpaired) electrons. The maximum atomic E-state index is 12.0. The van der Waals surface area contributed by atoms with Gasteiger partial charge < -0.3 is 10.4 Å². The molecule has 1 aromatic carbocycles. The number of hydrogen-bond donors (Lipinski definition) is 2. The first-order valence-corrected chi connectivity index (χ1v) is 6.98. The highest BCUT2D eigenvalue weighted by atomic mass is 16.3. The molecular weight excluding hydrogens is 252 g/mol. The minimum Gasteiger partial charge on any atom is -0.389 e. The monoisotopic (exact) mass is 278 g/mol. The number of hydrogen-bond acceptors (Lipinski definition) is 3. The fourth-order valence-corrected chi connectivity index (χ4v) is 2.14. The molecule has 20 heavy (non-hydrogen) atoms. The second-order valence-electron chi connectivity index (χ2n) is 6.31. The summed E-state index contributed by atoms with van der Waals surface area (Å²) in [5.74, 6) is 0.363. The Hall–Kier alpha value is -1.39. The van der Waals surface area contributed by atoms with Gasteiger partial charge in [-0.25, -0.2) is 0 Å². The van der Waals surface area contributed by atoms with Crippen LogP contribution in [0.3, 0.4) is 0 Å². The van der Waals surface area contributed by atoms with Gasteiger partial charge in [-0.1, -0.05) is 26.0 Å². The lowest BCUT2D eigenvalue weighted by Gasteiger charge is -2.24. The van der Waals surface area contributed by atoms with Crippen molar-refractivity contribution in [2.24, 2.45) is 0 Å². The molecule has 4 nitrogen and oxygen atoms in total. The van der Waals surface area contributed by atoms with Gasteiger partial charge in [-0.05, 0) is 44.5 Å². The number of anilines is 1. The standard InChI is InChI=1S/C16H26N2O2/c1-12(2)13-7-6-8-14(9-13)17-15(19)10-18(5)11-16(3,4)20/h6-9,12,20H,10-11H2,1-5H3,(H,17,19). The summed E-state index contributed by atoms with van der Waals surface area (Å²) in [5.41, 5.74) is 1.22. The Bertz CT molecular complexity index is 450. The van der Waals surface area contributed by atoms with Crippen molar-refractivity contribution in [3.8, 4) is 0 Å². The van der Waals surface area contributed by atoms with Gasteiger partial charge >= 0.3 is 0 Å². The van der Waals surface area contributed by atoms with Crippen LogP contribution in [0.2, 0.25) is 0 Å². The second kappa shape index (κ2) is 6.86. The maximum Gasteiger partial charge on any atom is 0.238 e. The lowest BCUT2D eigenvalue weighted by atomic mass is 10.0. The van der Waals surface area contributed by atoms with E-state index in [0.29, 0.717) is 12.5 Å². The highest BCUT2D eigenvalue weighted by Crippen LogP contribution is 2.18. The molecule has 0 aliphatic heterocycles. The van der Waals surface area contributed by atoms with E-state index in [4.69, 9.17) is 0 Å². The molecule has 0 bridgehead atoms. The number of carbonyl (C=O) groups is 1. The molecule has 4 heteroatoms. The van der Waals surface area contributed by atoms with E-state index in [1.807, 2.05) is 30.1 Å². The molecule has 1 aromatic rings. The minimum atomic E-state index is -0.799. The van der Waals surface area contributed by atoms with Crippen LogP contribution in [0.1, 0.15) is 39.2 Å². The van der Waals surface area contributed by atoms with Crippen LogP contribution < -0.4 is 5.32 Å². The smallest absolute Gasteiger partial charge is 0.238 e. The lowest BCUT2D eigenvalue weighted by Crippen LogP contribution is -2.40. The second-order valence-corrected chi connectivity index (χ2v) is 6.31. The zero-order valence-corrected chi connectivity index (χ0v) is 13.1. The molecule has 0 atom stereocenters. The summed E-state index contributed by atoms with van der Waals surface area (Å²) in [6.07, 6.45) is 0. The van der Waals surface area contributed by atoms with Crippen LogP contribution in [-0.4, -0.2) is 41.7 Å². The first-order valence-electron chi connectivity index (χ1n) is 6.98. The van der Waals surface area contributed by atoms with E-state index in [1.165, 1.54) is 5.56 Å². The lowest BCUT2D eigenvalue weighted by molar-refractivity contribution is -0.117. The summed E-state index contributed by atoms with van der Waals surface area (Å²) in [5, 5.41) is 12.6. The van der Waals surface area contributed by atoms with Crippen molar-refractivity contribution in [3.63, 3.8) is 0 Å². The molecule has 2 N–H and O–H groups in total. The van der Waals surface area contributed by atoms with Crippen molar-refractivity contribution in [2.75, 3.05) is 25.5 Å². The molecule has 0 aliphatic rings. The zero-order valence-electron chi connectivity index (χ0n) is 13.1. The predicted octanol–water partition coefficient (Wildman–Crippen LogP) is 2.45. The molecule has 0 fully saturated rings. The van der Waals surface area contributed by atoms with E-state index < -0.39 is 5.60 Å². The average molecular weight is 278 g/mol. The Balaban J connectivity index is 2.56. The van der Waals surface area contributed by atoms with Crippen LogP contribution >= 0.6 is 0 Å². The number of nitrogens with one attached hydrogen (secondary N) is 1. The van der Waals surface area contributed by atoms with Crippen molar-refractivity contribution >= 4 is 11.6 Å². The normalized spacial score (nSPS) is 12.0. The number of nitrogens with zero attached hydrogens (tertiary/aromatic N) is 1. The van der Waals surface area contributed by atoms with Gasteiger partial charge in [-0.15, -0.1) is 0 Å². The number of benzene rings is 1. The molecule has 0 saturated heterocycles. The molecular formula is C16H26N2O2. The van der Waals surface area contributed by atoms with Gasteiger partial charge in [-0.2, -0.15) is 0 Å². The van der Waals surface area contributed by atoms with Gasteiger partial charge in [0.25, 0.3) is 0 Å². The van der Waals surface area contributed by atoms with Crippen LogP contribution in [-0.2, 0) is 4.79 Å². The van der Waals surface area contributed by atoms with Gasteiger partial charge in [0, 0.05) is 12.2 Å². The van der Waals surface area contributed by atoms with Crippen molar-refractivity contribution in [1.29, 1.82) is 0 Å². The third-order valence-corrected chi connectivity index (χ3v) is 2.91. The number of aliphatic hydroxyl groups is 1. The highest BCUT2D eigenvalue weighted by molar-refractivity contribution is 5.92. The molecule has 0 aromatic heterocycles. The SMILES string of the molecule is CC(C)c1cccc(NC(=O)CN(C)CC(C)(C)O)c1. The Morgan fingerprint density at radius 2 is 2.05 bits per heavy atom. The molecule has 1 amide bonds. The third-order valence-electron chi connectivity index (χ3n) is 2.91. The molecule has 1 rings (SSSR count). The van der Waals surface area contributed by atoms with Crippen molar-refractivity contribution < 1.29 is 9.90 Å². The minimum absolute atomic E-state index is 0.0716. The number of amides is 1. The van der Waals surface area contributed by atoms with Crippen LogP contribution in [0.4, 0.5) is 5.69 Å². The summed E-state index contributed by atoms with van der Waals surface area (Å²) in [6.45, 7) is 8.42. The fourth-order valence-electron chi connectivity index (χ4n) is 2.14. The fraction of sp³-hybridized carbons (Fsp3) is 0.562. The van der Waals surface area contributed by atoms with Crippen molar-refractivity contribution in [2.45, 2.75) is 39.2 Å². The number of likely N-dealkylation sites (N-methyl/N-ethyl adjacent to an activating group) is 1. The first kappa shape index (κ1) is 16.7. The highest BCUT2D eigenvalue weighted by Gasteiger charge is 2.17. The topological polar surface area (TPSA) is 52.6 Å². The average Bonchev–Trinajstić information content (AvgIpc) is 2.25. The largest absolute Gasteiger partial charge is 0.389 e. The maximum absolute atomic E-state index is 12.0. The quantitative estimate of drug-likeness (QED) is 0.840. The van der Waals surface area contributed by atoms with Crippen molar-refractivity contribution in [3.05, 3.63) is 29.8 Å². The summed E-state index contributed by atoms with van der Waals surface area (Å²) >= 11 is 0. The molecule has 0 unspecified atom stereocenters. The van der Waals surface area contributed by atoms with Gasteiger partial charge in [0.1, 0.15) is 0 Å². The summed E-state index contributed by atoms with van der Waals surface area (Å²) in [6, 6.07) is 7.89. The first-order chi connectivity index (χ1) is 9.17. The van der Waals surface area contributed by atoms with Crippen molar-refractivity contribution in [1.82, 2.24) is 4.90 Å². The van der Waals surface area contributed by atoms with Gasteiger partial charge in [0.05, 0.1) is 12.1 Å². The van der Waals surface area contributed by atoms with E-state index >= 15 is 0 Å². The third kappa shape index (κ3) is 6.17. The van der Waals surface area contributed by atoms with E-state index in [0.717, 1.165) is 5.69 Å². The van der Waals surface area contributed by atoms with E-state index in [9.17, 15) is 9.90 Å². The van der Waals surface area contributed by atoms with Crippen LogP contribution in [0.25, 0.3) is 0 Å². The van der Waals surface area contributed by atoms with Crippen LogP contribution in [0.5, 0.6) is 0 Å². The Morgan fingerprint density at radius 1 is 1.40 bits per heavy atom. The van der Waals surface area contributed by atoms with Gasteiger partial charge in [-0.3, -0.25) is 9.69 Å². The molecule has 0 spiro atoms. The molecule has 112 valence electrons. The Morgan fingerprint density at radius 3 is 2.60 bits per heavy atom. The van der Waals surface area contributed by atoms with E-state index in [2.05, 4.69) is 25.2 Å². The van der Waals surface area contributed by atoms with Gasteiger partial charge in [0.15, 0.2) is 0 Å². The molecule has 0 aliphatic carbocycles. The van der Waals surface area contributed by atoms with E-state index in [-0.39, 0.29) is 12.5 Å². The Kier molecular flexibility index (Phi) is 5.72. The number of carbonyl (C=O) groups excluding carboxylic acids is 1. The van der Waals surface area contributed by atoms with Crippen LogP contribution in [0, 0.1) is 0 Å². The zero-order chi connectivity index (χ0) is 15.3. The summed E-state index contributed by atoms with van der Waals surface area (Å²) in [7, 11) is 1.82. The Labute approximate surface area is 121 Å². The van der Waals surface area contributed by atoms with Crippen LogP contribution in [0.15, 0.2) is 24.3 Å². The van der Waals surface area contributed by atoms with E-state index in [1.54, 1.807) is 13.8 Å². The summed E-state index contributed by atoms with van der Waals surface area (Å²) < 4.78 is 0. The number of rotatable bonds is 6. The summed E-state index contributed by atoms with van der Waals surface area (Å²) in [4.78, 5) is 13.8. The molecule has 0 heterocycles.